The number of aryl methyl sites for hydroxylation is 1. The quantitative estimate of drug-likeness (QED) is 0.107. The second-order valence-corrected chi connectivity index (χ2v) is 12.2. The Labute approximate surface area is 245 Å². The van der Waals surface area contributed by atoms with Gasteiger partial charge in [0.05, 0.1) is 56.7 Å². The molecular weight excluding hydrogens is 575 g/mol. The molecule has 0 saturated heterocycles. The van der Waals surface area contributed by atoms with Gasteiger partial charge >= 0.3 is 5.97 Å². The normalized spacial score (nSPS) is 22.7. The predicted molar refractivity (Wildman–Crippen MR) is 155 cm³/mol. The van der Waals surface area contributed by atoms with Crippen LogP contribution < -0.4 is 0 Å². The number of hydrogen-bond donors (Lipinski definition) is 3. The second kappa shape index (κ2) is 11.6. The molecule has 212 valence electrons. The number of halogens is 2. The van der Waals surface area contributed by atoms with Crippen molar-refractivity contribution >= 4 is 62.6 Å². The summed E-state index contributed by atoms with van der Waals surface area (Å²) in [7, 11) is 0. The molecule has 2 saturated carbocycles. The number of fused-ring (bicyclic) bond motifs is 1. The number of aromatic carboxylic acids is 1. The lowest BCUT2D eigenvalue weighted by Gasteiger charge is -2.34. The van der Waals surface area contributed by atoms with E-state index in [4.69, 9.17) is 38.1 Å². The van der Waals surface area contributed by atoms with Crippen LogP contribution in [0.25, 0.3) is 15.9 Å². The molecule has 0 unspecified atom stereocenters. The van der Waals surface area contributed by atoms with Crippen molar-refractivity contribution in [2.75, 3.05) is 0 Å². The summed E-state index contributed by atoms with van der Waals surface area (Å²) in [5.74, 6) is -0.578. The van der Waals surface area contributed by atoms with Gasteiger partial charge in [0, 0.05) is 0 Å². The first kappa shape index (κ1) is 28.8. The molecule has 0 amide bonds. The minimum Gasteiger partial charge on any atom is -0.478 e. The van der Waals surface area contributed by atoms with E-state index in [9.17, 15) is 15.0 Å². The van der Waals surface area contributed by atoms with E-state index in [0.29, 0.717) is 47.3 Å². The Hall–Kier alpha value is -2.76. The van der Waals surface area contributed by atoms with Crippen LogP contribution in [0, 0.1) is 6.92 Å². The molecule has 2 heterocycles. The molecule has 3 N–H and O–H groups in total. The van der Waals surface area contributed by atoms with Crippen molar-refractivity contribution in [3.63, 3.8) is 0 Å². The highest BCUT2D eigenvalue weighted by atomic mass is 35.5. The second-order valence-electron chi connectivity index (χ2n) is 10.3. The van der Waals surface area contributed by atoms with Crippen LogP contribution in [0.4, 0.5) is 0 Å². The van der Waals surface area contributed by atoms with Crippen molar-refractivity contribution in [2.24, 2.45) is 5.16 Å². The van der Waals surface area contributed by atoms with Gasteiger partial charge in [-0.25, -0.2) is 14.5 Å². The first-order valence-corrected chi connectivity index (χ1v) is 14.7. The Morgan fingerprint density at radius 3 is 2.62 bits per heavy atom. The van der Waals surface area contributed by atoms with Crippen LogP contribution in [-0.2, 0) is 16.9 Å². The fourth-order valence-electron chi connectivity index (χ4n) is 5.19. The number of allylic oxidation sites excluding steroid dienone is 4. The fourth-order valence-corrected chi connectivity index (χ4v) is 6.87. The molecule has 9 nitrogen and oxygen atoms in total. The number of hydrogen-bond acceptors (Lipinski definition) is 8. The smallest absolute Gasteiger partial charge is 0.335 e. The zero-order valence-corrected chi connectivity index (χ0v) is 24.4. The standard InChI is InChI=1S/C28H30Cl2N4O5S/c1-3-20(29)25(21(30)13-32-38)34-22(19(12-31-34)16-4-5-16)14-39-18-6-8-28(37,9-7-18)27-33-24-15(2)10-17(26(35)36)11-23(24)40-27/h3,10-13,16,18,37-38H,4-9,14H2,1-2H3,(H,35,36)/b20-3+,25-21-,32-13+. The number of aromatic nitrogens is 3. The van der Waals surface area contributed by atoms with Crippen molar-refractivity contribution < 1.29 is 25.0 Å². The SMILES string of the molecule is C\C=C(Cl)/C(=C(Cl)\C=N\O)n1ncc(C2CC2)c1COC1CCC(O)(c2nc3c(C)cc(C(=O)O)cc3s2)CC1. The third kappa shape index (κ3) is 5.69. The molecule has 2 aromatic heterocycles. The molecule has 2 aliphatic rings. The molecule has 3 aromatic rings. The van der Waals surface area contributed by atoms with Gasteiger partial charge in [-0.15, -0.1) is 11.3 Å². The summed E-state index contributed by atoms with van der Waals surface area (Å²) >= 11 is 14.3. The maximum absolute atomic E-state index is 11.5. The maximum atomic E-state index is 11.5. The number of benzene rings is 1. The van der Waals surface area contributed by atoms with Crippen LogP contribution in [0.3, 0.4) is 0 Å². The van der Waals surface area contributed by atoms with Crippen LogP contribution in [0.15, 0.2) is 39.6 Å². The van der Waals surface area contributed by atoms with Gasteiger partial charge in [-0.2, -0.15) is 5.10 Å². The van der Waals surface area contributed by atoms with Crippen molar-refractivity contribution in [2.45, 2.75) is 76.6 Å². The average Bonchev–Trinajstić information content (AvgIpc) is 3.53. The van der Waals surface area contributed by atoms with Gasteiger partial charge in [0.15, 0.2) is 0 Å². The lowest BCUT2D eigenvalue weighted by atomic mass is 9.83. The number of carbonyl (C=O) groups is 1. The first-order chi connectivity index (χ1) is 19.1. The summed E-state index contributed by atoms with van der Waals surface area (Å²) in [6.07, 6.45) is 8.92. The Balaban J connectivity index is 1.33. The average molecular weight is 606 g/mol. The molecule has 5 rings (SSSR count). The number of nitrogens with zero attached hydrogens (tertiary/aromatic N) is 4. The third-order valence-corrected chi connectivity index (χ3v) is 9.42. The van der Waals surface area contributed by atoms with Crippen molar-refractivity contribution in [1.82, 2.24) is 14.8 Å². The Morgan fingerprint density at radius 2 is 2.00 bits per heavy atom. The molecule has 12 heteroatoms. The highest BCUT2D eigenvalue weighted by molar-refractivity contribution is 7.18. The van der Waals surface area contributed by atoms with E-state index in [1.54, 1.807) is 29.8 Å². The zero-order chi connectivity index (χ0) is 28.6. The minimum absolute atomic E-state index is 0.0792. The molecule has 2 fully saturated rings. The Morgan fingerprint density at radius 1 is 1.27 bits per heavy atom. The topological polar surface area (TPSA) is 130 Å². The Kier molecular flexibility index (Phi) is 8.35. The highest BCUT2D eigenvalue weighted by Crippen LogP contribution is 2.44. The summed E-state index contributed by atoms with van der Waals surface area (Å²) in [6.45, 7) is 3.90. The van der Waals surface area contributed by atoms with E-state index < -0.39 is 11.6 Å². The van der Waals surface area contributed by atoms with Gasteiger partial charge < -0.3 is 20.2 Å². The molecule has 0 aliphatic heterocycles. The van der Waals surface area contributed by atoms with Gasteiger partial charge in [-0.05, 0) is 81.5 Å². The van der Waals surface area contributed by atoms with Gasteiger partial charge in [-0.1, -0.05) is 34.4 Å². The molecule has 0 bridgehead atoms. The Bertz CT molecular complexity index is 1530. The number of rotatable bonds is 9. The number of oxime groups is 1. The molecule has 2 aliphatic carbocycles. The number of ether oxygens (including phenoxy) is 1. The molecular formula is C28H30Cl2N4O5S. The van der Waals surface area contributed by atoms with E-state index >= 15 is 0 Å². The molecule has 0 atom stereocenters. The van der Waals surface area contributed by atoms with Crippen LogP contribution in [0.5, 0.6) is 0 Å². The van der Waals surface area contributed by atoms with Gasteiger partial charge in [0.1, 0.15) is 16.3 Å². The summed E-state index contributed by atoms with van der Waals surface area (Å²) in [5.41, 5.74) is 2.97. The number of carboxylic acids is 1. The highest BCUT2D eigenvalue weighted by Gasteiger charge is 2.38. The summed E-state index contributed by atoms with van der Waals surface area (Å²) in [4.78, 5) is 16.2. The largest absolute Gasteiger partial charge is 0.478 e. The summed E-state index contributed by atoms with van der Waals surface area (Å²) < 4.78 is 8.79. The van der Waals surface area contributed by atoms with Crippen molar-refractivity contribution in [1.29, 1.82) is 0 Å². The number of carboxylic acid groups (broad SMARTS) is 1. The molecule has 40 heavy (non-hydrogen) atoms. The molecule has 1 aromatic carbocycles. The zero-order valence-electron chi connectivity index (χ0n) is 22.1. The predicted octanol–water partition coefficient (Wildman–Crippen LogP) is 6.73. The lowest BCUT2D eigenvalue weighted by molar-refractivity contribution is -0.0648. The minimum atomic E-state index is -1.09. The van der Waals surface area contributed by atoms with Gasteiger partial charge in [0.25, 0.3) is 0 Å². The lowest BCUT2D eigenvalue weighted by Crippen LogP contribution is -2.34. The van der Waals surface area contributed by atoms with E-state index in [0.717, 1.165) is 46.1 Å². The van der Waals surface area contributed by atoms with Gasteiger partial charge in [0.2, 0.25) is 0 Å². The number of thiazole rings is 1. The van der Waals surface area contributed by atoms with E-state index in [-0.39, 0.29) is 23.3 Å². The van der Waals surface area contributed by atoms with E-state index in [1.807, 2.05) is 13.1 Å². The molecule has 0 radical (unpaired) electrons. The van der Waals surface area contributed by atoms with Crippen molar-refractivity contribution in [3.05, 3.63) is 61.9 Å². The first-order valence-electron chi connectivity index (χ1n) is 13.1. The summed E-state index contributed by atoms with van der Waals surface area (Å²) in [5, 5.41) is 38.7. The van der Waals surface area contributed by atoms with Crippen LogP contribution in [0.2, 0.25) is 0 Å². The molecule has 0 spiro atoms. The monoisotopic (exact) mass is 604 g/mol. The van der Waals surface area contributed by atoms with E-state index in [1.165, 1.54) is 11.3 Å². The van der Waals surface area contributed by atoms with Crippen LogP contribution >= 0.6 is 34.5 Å². The van der Waals surface area contributed by atoms with Gasteiger partial charge in [-0.3, -0.25) is 0 Å². The van der Waals surface area contributed by atoms with E-state index in [2.05, 4.69) is 10.3 Å². The maximum Gasteiger partial charge on any atom is 0.335 e. The summed E-state index contributed by atoms with van der Waals surface area (Å²) in [6, 6.07) is 3.23. The number of aliphatic hydroxyl groups is 1. The van der Waals surface area contributed by atoms with Crippen LogP contribution in [0.1, 0.15) is 83.6 Å². The third-order valence-electron chi connectivity index (χ3n) is 7.55. The van der Waals surface area contributed by atoms with Crippen LogP contribution in [-0.4, -0.2) is 48.5 Å². The van der Waals surface area contributed by atoms with Crippen molar-refractivity contribution in [3.8, 4) is 0 Å². The fraction of sp³-hybridized carbons (Fsp3) is 0.429.